The molecule has 1 saturated heterocycles. The number of aryl methyl sites for hydroxylation is 1. The van der Waals surface area contributed by atoms with E-state index in [1.807, 2.05) is 6.92 Å². The molecule has 1 atom stereocenters. The van der Waals surface area contributed by atoms with E-state index in [2.05, 4.69) is 46.7 Å². The Morgan fingerprint density at radius 1 is 1.45 bits per heavy atom. The van der Waals surface area contributed by atoms with Gasteiger partial charge in [0.25, 0.3) is 0 Å². The van der Waals surface area contributed by atoms with Crippen LogP contribution >= 0.6 is 12.2 Å². The van der Waals surface area contributed by atoms with E-state index in [0.717, 1.165) is 23.8 Å². The number of aromatic nitrogens is 1. The van der Waals surface area contributed by atoms with E-state index in [1.165, 1.54) is 31.4 Å². The maximum Gasteiger partial charge on any atom is 0.169 e. The lowest BCUT2D eigenvalue weighted by Crippen LogP contribution is -2.42. The number of rotatable bonds is 3. The van der Waals surface area contributed by atoms with Gasteiger partial charge in [0, 0.05) is 32.0 Å². The molecule has 2 rings (SSSR count). The van der Waals surface area contributed by atoms with Crippen molar-refractivity contribution in [3.05, 3.63) is 36.2 Å². The molecule has 0 bridgehead atoms. The fourth-order valence-electron chi connectivity index (χ4n) is 2.81. The zero-order valence-electron chi connectivity index (χ0n) is 12.6. The minimum atomic E-state index is 0.391. The monoisotopic (exact) mass is 291 g/mol. The number of hydrogen-bond donors (Lipinski definition) is 1. The van der Waals surface area contributed by atoms with Gasteiger partial charge in [0.05, 0.1) is 6.04 Å². The standard InChI is InChI=1S/C16H25N3S/c1-13(2)12-17-16(20)19-11-6-4-5-8-15(19)14-9-7-10-18(14)3/h7,9-10,15H,1,4-6,8,11-12H2,2-3H3,(H,17,20)/t15-/m0/s1. The Kier molecular flexibility index (Phi) is 5.24. The van der Waals surface area contributed by atoms with Crippen LogP contribution < -0.4 is 5.32 Å². The molecule has 110 valence electrons. The molecule has 1 aliphatic rings. The van der Waals surface area contributed by atoms with Gasteiger partial charge in [-0.25, -0.2) is 0 Å². The molecule has 20 heavy (non-hydrogen) atoms. The van der Waals surface area contributed by atoms with E-state index in [4.69, 9.17) is 12.2 Å². The Morgan fingerprint density at radius 3 is 2.90 bits per heavy atom. The summed E-state index contributed by atoms with van der Waals surface area (Å²) in [5, 5.41) is 4.20. The molecule has 0 aliphatic carbocycles. The summed E-state index contributed by atoms with van der Waals surface area (Å²) in [5.74, 6) is 0. The largest absolute Gasteiger partial charge is 0.359 e. The summed E-state index contributed by atoms with van der Waals surface area (Å²) in [4.78, 5) is 2.36. The Labute approximate surface area is 127 Å². The molecule has 0 amide bonds. The lowest BCUT2D eigenvalue weighted by Gasteiger charge is -2.33. The average Bonchev–Trinajstić information content (AvgIpc) is 2.69. The van der Waals surface area contributed by atoms with Crippen LogP contribution in [0.3, 0.4) is 0 Å². The van der Waals surface area contributed by atoms with E-state index in [1.54, 1.807) is 0 Å². The smallest absolute Gasteiger partial charge is 0.169 e. The van der Waals surface area contributed by atoms with Gasteiger partial charge in [-0.2, -0.15) is 0 Å². The summed E-state index contributed by atoms with van der Waals surface area (Å²) in [6.45, 7) is 7.75. The molecule has 0 unspecified atom stereocenters. The van der Waals surface area contributed by atoms with Crippen molar-refractivity contribution in [1.82, 2.24) is 14.8 Å². The van der Waals surface area contributed by atoms with Crippen LogP contribution in [-0.2, 0) is 7.05 Å². The molecule has 0 radical (unpaired) electrons. The van der Waals surface area contributed by atoms with Crippen LogP contribution in [0.15, 0.2) is 30.5 Å². The summed E-state index contributed by atoms with van der Waals surface area (Å²) in [5.41, 5.74) is 2.46. The van der Waals surface area contributed by atoms with Crippen LogP contribution in [-0.4, -0.2) is 27.7 Å². The van der Waals surface area contributed by atoms with Crippen molar-refractivity contribution in [2.75, 3.05) is 13.1 Å². The highest BCUT2D eigenvalue weighted by Crippen LogP contribution is 2.30. The minimum Gasteiger partial charge on any atom is -0.359 e. The Balaban J connectivity index is 2.15. The van der Waals surface area contributed by atoms with E-state index < -0.39 is 0 Å². The maximum atomic E-state index is 5.61. The highest BCUT2D eigenvalue weighted by atomic mass is 32.1. The molecule has 1 fully saturated rings. The van der Waals surface area contributed by atoms with E-state index >= 15 is 0 Å². The second kappa shape index (κ2) is 6.93. The van der Waals surface area contributed by atoms with Crippen molar-refractivity contribution in [3.63, 3.8) is 0 Å². The number of likely N-dealkylation sites (tertiary alicyclic amines) is 1. The van der Waals surface area contributed by atoms with Crippen LogP contribution in [0.4, 0.5) is 0 Å². The van der Waals surface area contributed by atoms with Crippen LogP contribution in [0.1, 0.15) is 44.3 Å². The lowest BCUT2D eigenvalue weighted by molar-refractivity contribution is 0.307. The second-order valence-electron chi connectivity index (χ2n) is 5.72. The van der Waals surface area contributed by atoms with Gasteiger partial charge in [-0.3, -0.25) is 0 Å². The maximum absolute atomic E-state index is 5.61. The zero-order chi connectivity index (χ0) is 14.5. The van der Waals surface area contributed by atoms with Gasteiger partial charge < -0.3 is 14.8 Å². The van der Waals surface area contributed by atoms with Crippen LogP contribution in [0.2, 0.25) is 0 Å². The number of hydrogen-bond acceptors (Lipinski definition) is 1. The van der Waals surface area contributed by atoms with Crippen LogP contribution in [0.25, 0.3) is 0 Å². The zero-order valence-corrected chi connectivity index (χ0v) is 13.4. The first-order valence-corrected chi connectivity index (χ1v) is 7.80. The van der Waals surface area contributed by atoms with Gasteiger partial charge in [-0.05, 0) is 44.1 Å². The third-order valence-corrected chi connectivity index (χ3v) is 4.26. The van der Waals surface area contributed by atoms with Crippen molar-refractivity contribution in [1.29, 1.82) is 0 Å². The normalized spacial score (nSPS) is 19.5. The molecule has 1 N–H and O–H groups in total. The molecule has 3 nitrogen and oxygen atoms in total. The Morgan fingerprint density at radius 2 is 2.25 bits per heavy atom. The molecule has 0 aromatic carbocycles. The number of thiocarbonyl (C=S) groups is 1. The van der Waals surface area contributed by atoms with Gasteiger partial charge in [-0.15, -0.1) is 0 Å². The molecule has 1 aromatic heterocycles. The van der Waals surface area contributed by atoms with Crippen molar-refractivity contribution in [2.45, 2.75) is 38.6 Å². The predicted molar refractivity (Wildman–Crippen MR) is 88.7 cm³/mol. The highest BCUT2D eigenvalue weighted by Gasteiger charge is 2.25. The number of nitrogens with zero attached hydrogens (tertiary/aromatic N) is 2. The third kappa shape index (κ3) is 3.63. The second-order valence-corrected chi connectivity index (χ2v) is 6.10. The summed E-state index contributed by atoms with van der Waals surface area (Å²) in [7, 11) is 2.11. The molecule has 2 heterocycles. The van der Waals surface area contributed by atoms with E-state index in [0.29, 0.717) is 6.04 Å². The Bertz CT molecular complexity index is 478. The first kappa shape index (κ1) is 15.1. The van der Waals surface area contributed by atoms with Gasteiger partial charge in [0.1, 0.15) is 0 Å². The van der Waals surface area contributed by atoms with Crippen molar-refractivity contribution < 1.29 is 0 Å². The summed E-state index contributed by atoms with van der Waals surface area (Å²) < 4.78 is 2.21. The molecule has 4 heteroatoms. The van der Waals surface area contributed by atoms with Crippen LogP contribution in [0, 0.1) is 0 Å². The van der Waals surface area contributed by atoms with Gasteiger partial charge >= 0.3 is 0 Å². The fraction of sp³-hybridized carbons (Fsp3) is 0.562. The molecule has 0 spiro atoms. The summed E-state index contributed by atoms with van der Waals surface area (Å²) in [6.07, 6.45) is 7.07. The van der Waals surface area contributed by atoms with Gasteiger partial charge in [-0.1, -0.05) is 25.0 Å². The van der Waals surface area contributed by atoms with Crippen LogP contribution in [0.5, 0.6) is 0 Å². The first-order chi connectivity index (χ1) is 9.59. The van der Waals surface area contributed by atoms with E-state index in [9.17, 15) is 0 Å². The third-order valence-electron chi connectivity index (χ3n) is 3.88. The number of nitrogens with one attached hydrogen (secondary N) is 1. The quantitative estimate of drug-likeness (QED) is 0.681. The molecule has 1 aliphatic heterocycles. The van der Waals surface area contributed by atoms with E-state index in [-0.39, 0.29) is 0 Å². The summed E-state index contributed by atoms with van der Waals surface area (Å²) in [6, 6.07) is 4.72. The molecule has 0 saturated carbocycles. The van der Waals surface area contributed by atoms with Gasteiger partial charge in [0.15, 0.2) is 5.11 Å². The first-order valence-electron chi connectivity index (χ1n) is 7.39. The van der Waals surface area contributed by atoms with Gasteiger partial charge in [0.2, 0.25) is 0 Å². The van der Waals surface area contributed by atoms with Crippen molar-refractivity contribution in [3.8, 4) is 0 Å². The molecule has 1 aromatic rings. The molecular formula is C16H25N3S. The minimum absolute atomic E-state index is 0.391. The average molecular weight is 291 g/mol. The SMILES string of the molecule is C=C(C)CNC(=S)N1CCCCC[C@H]1c1cccn1C. The fourth-order valence-corrected chi connectivity index (χ4v) is 3.10. The summed E-state index contributed by atoms with van der Waals surface area (Å²) >= 11 is 5.61. The Hall–Kier alpha value is -1.29. The highest BCUT2D eigenvalue weighted by molar-refractivity contribution is 7.80. The van der Waals surface area contributed by atoms with Crippen molar-refractivity contribution in [2.24, 2.45) is 7.05 Å². The topological polar surface area (TPSA) is 20.2 Å². The molecular weight excluding hydrogens is 266 g/mol. The predicted octanol–water partition coefficient (Wildman–Crippen LogP) is 3.39. The van der Waals surface area contributed by atoms with Crippen molar-refractivity contribution >= 4 is 17.3 Å². The lowest BCUT2D eigenvalue weighted by atomic mass is 10.1.